The zero-order chi connectivity index (χ0) is 19.2. The van der Waals surface area contributed by atoms with Crippen molar-refractivity contribution in [3.05, 3.63) is 85.2 Å². The average molecular weight is 356 g/mol. The maximum absolute atomic E-state index is 4.69. The number of para-hydroxylation sites is 1. The van der Waals surface area contributed by atoms with Gasteiger partial charge in [0.05, 0.1) is 0 Å². The second-order valence-electron chi connectivity index (χ2n) is 7.40. The Bertz CT molecular complexity index is 981. The van der Waals surface area contributed by atoms with Gasteiger partial charge in [0.25, 0.3) is 0 Å². The van der Waals surface area contributed by atoms with E-state index in [0.29, 0.717) is 0 Å². The van der Waals surface area contributed by atoms with E-state index >= 15 is 0 Å². The molecule has 2 aliphatic heterocycles. The standard InChI is InChI=1S/C21H20N4.C2H4/c1-14-9-10-16-17(13-14)25-19-18(22-11-12-23-19)24(20(25)21(16,2)3)15-7-5-4-6-8-15;1-2/h4-13,20H,1-3H3;1-2H2. The highest BCUT2D eigenvalue weighted by atomic mass is 15.5. The van der Waals surface area contributed by atoms with E-state index in [1.807, 2.05) is 6.07 Å². The smallest absolute Gasteiger partial charge is 0.178 e. The second-order valence-corrected chi connectivity index (χ2v) is 7.40. The van der Waals surface area contributed by atoms with Crippen LogP contribution in [0.4, 0.5) is 23.0 Å². The van der Waals surface area contributed by atoms with Gasteiger partial charge in [0.1, 0.15) is 6.17 Å². The van der Waals surface area contributed by atoms with Gasteiger partial charge in [-0.25, -0.2) is 9.97 Å². The minimum atomic E-state index is -0.0543. The molecule has 3 heterocycles. The van der Waals surface area contributed by atoms with Gasteiger partial charge in [0.2, 0.25) is 0 Å². The van der Waals surface area contributed by atoms with Crippen LogP contribution in [0.3, 0.4) is 0 Å². The lowest BCUT2D eigenvalue weighted by atomic mass is 9.83. The molecule has 0 bridgehead atoms. The van der Waals surface area contributed by atoms with Gasteiger partial charge in [0.15, 0.2) is 11.6 Å². The zero-order valence-corrected chi connectivity index (χ0v) is 16.1. The molecule has 2 aromatic carbocycles. The van der Waals surface area contributed by atoms with Crippen LogP contribution in [-0.4, -0.2) is 16.1 Å². The molecule has 0 amide bonds. The maximum Gasteiger partial charge on any atom is 0.178 e. The van der Waals surface area contributed by atoms with Crippen molar-refractivity contribution in [3.8, 4) is 0 Å². The van der Waals surface area contributed by atoms with Crippen molar-refractivity contribution >= 4 is 23.0 Å². The fraction of sp³-hybridized carbons (Fsp3) is 0.217. The van der Waals surface area contributed by atoms with Crippen LogP contribution in [0.5, 0.6) is 0 Å². The van der Waals surface area contributed by atoms with Crippen LogP contribution < -0.4 is 9.80 Å². The lowest BCUT2D eigenvalue weighted by Crippen LogP contribution is -2.46. The summed E-state index contributed by atoms with van der Waals surface area (Å²) >= 11 is 0. The van der Waals surface area contributed by atoms with Crippen LogP contribution in [0, 0.1) is 6.92 Å². The molecule has 0 saturated carbocycles. The SMILES string of the molecule is C=C.Cc1ccc2c(c1)N1c3nccnc3N(c3ccccc3)C1C2(C)C. The predicted octanol–water partition coefficient (Wildman–Crippen LogP) is 5.49. The first-order valence-corrected chi connectivity index (χ1v) is 9.15. The van der Waals surface area contributed by atoms with E-state index in [1.54, 1.807) is 12.4 Å². The molecule has 1 atom stereocenters. The van der Waals surface area contributed by atoms with Gasteiger partial charge < -0.3 is 9.80 Å². The molecular formula is C23H24N4. The normalized spacial score (nSPS) is 18.3. The lowest BCUT2D eigenvalue weighted by Gasteiger charge is -2.36. The van der Waals surface area contributed by atoms with E-state index in [1.165, 1.54) is 16.8 Å². The van der Waals surface area contributed by atoms with E-state index in [9.17, 15) is 0 Å². The van der Waals surface area contributed by atoms with Crippen molar-refractivity contribution in [3.63, 3.8) is 0 Å². The first-order chi connectivity index (χ1) is 13.1. The Morgan fingerprint density at radius 3 is 2.19 bits per heavy atom. The Morgan fingerprint density at radius 2 is 1.52 bits per heavy atom. The molecule has 1 unspecified atom stereocenters. The molecule has 0 saturated heterocycles. The molecule has 4 heteroatoms. The highest BCUT2D eigenvalue weighted by Crippen LogP contribution is 2.57. The third-order valence-electron chi connectivity index (χ3n) is 5.39. The van der Waals surface area contributed by atoms with Gasteiger partial charge in [0, 0.05) is 29.2 Å². The molecule has 0 N–H and O–H groups in total. The molecule has 0 aliphatic carbocycles. The van der Waals surface area contributed by atoms with Crippen LogP contribution in [0.1, 0.15) is 25.0 Å². The molecule has 0 spiro atoms. The number of rotatable bonds is 1. The van der Waals surface area contributed by atoms with Gasteiger partial charge in [-0.3, -0.25) is 0 Å². The van der Waals surface area contributed by atoms with Crippen LogP contribution in [0.25, 0.3) is 0 Å². The Morgan fingerprint density at radius 1 is 0.889 bits per heavy atom. The van der Waals surface area contributed by atoms with Crippen LogP contribution in [0.15, 0.2) is 74.1 Å². The van der Waals surface area contributed by atoms with E-state index in [2.05, 4.69) is 91.2 Å². The number of benzene rings is 2. The van der Waals surface area contributed by atoms with Crippen molar-refractivity contribution in [1.29, 1.82) is 0 Å². The number of aryl methyl sites for hydroxylation is 1. The van der Waals surface area contributed by atoms with Gasteiger partial charge in [-0.15, -0.1) is 13.2 Å². The van der Waals surface area contributed by atoms with Crippen molar-refractivity contribution in [2.75, 3.05) is 9.80 Å². The number of anilines is 4. The minimum absolute atomic E-state index is 0.0543. The average Bonchev–Trinajstić information content (AvgIpc) is 3.16. The fourth-order valence-electron chi connectivity index (χ4n) is 4.28. The molecule has 1 aromatic heterocycles. The van der Waals surface area contributed by atoms with Gasteiger partial charge >= 0.3 is 0 Å². The minimum Gasteiger partial charge on any atom is -0.301 e. The molecule has 0 radical (unpaired) electrons. The topological polar surface area (TPSA) is 32.3 Å². The quantitative estimate of drug-likeness (QED) is 0.539. The summed E-state index contributed by atoms with van der Waals surface area (Å²) in [6, 6.07) is 17.2. The summed E-state index contributed by atoms with van der Waals surface area (Å²) in [5.41, 5.74) is 4.96. The van der Waals surface area contributed by atoms with E-state index in [0.717, 1.165) is 17.3 Å². The highest BCUT2D eigenvalue weighted by molar-refractivity contribution is 5.88. The molecule has 136 valence electrons. The van der Waals surface area contributed by atoms with Crippen LogP contribution >= 0.6 is 0 Å². The summed E-state index contributed by atoms with van der Waals surface area (Å²) in [6.07, 6.45) is 3.69. The Kier molecular flexibility index (Phi) is 3.99. The predicted molar refractivity (Wildman–Crippen MR) is 112 cm³/mol. The highest BCUT2D eigenvalue weighted by Gasteiger charge is 2.54. The molecule has 0 fully saturated rings. The summed E-state index contributed by atoms with van der Waals surface area (Å²) in [4.78, 5) is 14.1. The van der Waals surface area contributed by atoms with Crippen molar-refractivity contribution in [2.24, 2.45) is 0 Å². The number of nitrogens with zero attached hydrogens (tertiary/aromatic N) is 4. The Hall–Kier alpha value is -3.14. The maximum atomic E-state index is 4.69. The van der Waals surface area contributed by atoms with E-state index in [4.69, 9.17) is 4.98 Å². The first-order valence-electron chi connectivity index (χ1n) is 9.15. The molecule has 3 aromatic rings. The van der Waals surface area contributed by atoms with Gasteiger partial charge in [-0.05, 0) is 36.2 Å². The Balaban J connectivity index is 0.000000872. The molecule has 4 nitrogen and oxygen atoms in total. The van der Waals surface area contributed by atoms with E-state index in [-0.39, 0.29) is 11.6 Å². The third kappa shape index (κ3) is 2.36. The van der Waals surface area contributed by atoms with Gasteiger partial charge in [-0.2, -0.15) is 0 Å². The summed E-state index contributed by atoms with van der Waals surface area (Å²) in [7, 11) is 0. The van der Waals surface area contributed by atoms with Crippen molar-refractivity contribution < 1.29 is 0 Å². The molecule has 5 rings (SSSR count). The van der Waals surface area contributed by atoms with Crippen molar-refractivity contribution in [1.82, 2.24) is 9.97 Å². The monoisotopic (exact) mass is 356 g/mol. The van der Waals surface area contributed by atoms with Crippen LogP contribution in [-0.2, 0) is 5.41 Å². The fourth-order valence-corrected chi connectivity index (χ4v) is 4.28. The molecule has 2 aliphatic rings. The number of fused-ring (bicyclic) bond motifs is 5. The molecular weight excluding hydrogens is 332 g/mol. The number of aromatic nitrogens is 2. The van der Waals surface area contributed by atoms with Gasteiger partial charge in [-0.1, -0.05) is 44.2 Å². The van der Waals surface area contributed by atoms with Crippen LogP contribution in [0.2, 0.25) is 0 Å². The summed E-state index contributed by atoms with van der Waals surface area (Å²) in [5, 5.41) is 0. The Labute approximate surface area is 160 Å². The third-order valence-corrected chi connectivity index (χ3v) is 5.39. The zero-order valence-electron chi connectivity index (χ0n) is 16.1. The summed E-state index contributed by atoms with van der Waals surface area (Å²) in [6.45, 7) is 12.8. The lowest BCUT2D eigenvalue weighted by molar-refractivity contribution is 0.449. The molecule has 27 heavy (non-hydrogen) atoms. The summed E-state index contributed by atoms with van der Waals surface area (Å²) < 4.78 is 0. The number of hydrogen-bond donors (Lipinski definition) is 0. The van der Waals surface area contributed by atoms with E-state index < -0.39 is 0 Å². The first kappa shape index (κ1) is 17.3. The second kappa shape index (κ2) is 6.23. The number of hydrogen-bond acceptors (Lipinski definition) is 4. The summed E-state index contributed by atoms with van der Waals surface area (Å²) in [5.74, 6) is 1.87. The largest absolute Gasteiger partial charge is 0.301 e. The van der Waals surface area contributed by atoms with Crippen molar-refractivity contribution in [2.45, 2.75) is 32.4 Å².